The summed E-state index contributed by atoms with van der Waals surface area (Å²) in [5, 5.41) is 14.2. The summed E-state index contributed by atoms with van der Waals surface area (Å²) in [5.41, 5.74) is 0.374. The van der Waals surface area contributed by atoms with Crippen molar-refractivity contribution in [1.29, 1.82) is 0 Å². The van der Waals surface area contributed by atoms with Gasteiger partial charge in [0.05, 0.1) is 16.3 Å². The maximum absolute atomic E-state index is 11.9. The number of amides is 1. The molecular weight excluding hydrogens is 288 g/mol. The normalized spacial score (nSPS) is 10.2. The van der Waals surface area contributed by atoms with Gasteiger partial charge in [0.25, 0.3) is 5.91 Å². The monoisotopic (exact) mass is 296 g/mol. The summed E-state index contributed by atoms with van der Waals surface area (Å²) in [7, 11) is 0. The smallest absolute Gasteiger partial charge is 0.337 e. The van der Waals surface area contributed by atoms with Crippen LogP contribution >= 0.6 is 22.9 Å². The molecule has 0 aliphatic rings. The quantitative estimate of drug-likeness (QED) is 0.912. The number of nitrogens with zero attached hydrogens (tertiary/aromatic N) is 1. The highest BCUT2D eigenvalue weighted by atomic mass is 35.5. The highest BCUT2D eigenvalue weighted by molar-refractivity contribution is 7.09. The molecule has 1 heterocycles. The number of carbonyl (C=O) groups is 2. The van der Waals surface area contributed by atoms with Crippen LogP contribution in [0.5, 0.6) is 0 Å². The lowest BCUT2D eigenvalue weighted by atomic mass is 10.1. The summed E-state index contributed by atoms with van der Waals surface area (Å²) in [5.74, 6) is -1.60. The van der Waals surface area contributed by atoms with Crippen LogP contribution in [0.4, 0.5) is 5.69 Å². The summed E-state index contributed by atoms with van der Waals surface area (Å²) in [4.78, 5) is 27.0. The van der Waals surface area contributed by atoms with Crippen LogP contribution in [0.3, 0.4) is 0 Å². The molecule has 0 bridgehead atoms. The van der Waals surface area contributed by atoms with E-state index in [0.717, 1.165) is 5.01 Å². The predicted molar refractivity (Wildman–Crippen MR) is 73.2 cm³/mol. The Bertz CT molecular complexity index is 654. The molecule has 2 aromatic rings. The van der Waals surface area contributed by atoms with Crippen molar-refractivity contribution in [3.8, 4) is 0 Å². The van der Waals surface area contributed by atoms with E-state index in [1.165, 1.54) is 29.5 Å². The second-order valence-corrected chi connectivity index (χ2v) is 5.20. The van der Waals surface area contributed by atoms with E-state index in [-0.39, 0.29) is 16.9 Å². The lowest BCUT2D eigenvalue weighted by Crippen LogP contribution is -2.15. The fourth-order valence-corrected chi connectivity index (χ4v) is 2.23. The van der Waals surface area contributed by atoms with E-state index in [2.05, 4.69) is 10.3 Å². The van der Waals surface area contributed by atoms with Crippen LogP contribution in [-0.2, 0) is 0 Å². The molecule has 0 radical (unpaired) electrons. The molecule has 0 saturated heterocycles. The summed E-state index contributed by atoms with van der Waals surface area (Å²) in [6.45, 7) is 1.78. The first kappa shape index (κ1) is 13.5. The molecule has 2 rings (SSSR count). The number of hydrogen-bond donors (Lipinski definition) is 2. The number of carboxylic acid groups (broad SMARTS) is 1. The Hall–Kier alpha value is -1.92. The fourth-order valence-electron chi connectivity index (χ4n) is 1.46. The second-order valence-electron chi connectivity index (χ2n) is 3.70. The van der Waals surface area contributed by atoms with E-state index in [0.29, 0.717) is 5.02 Å². The molecule has 1 aromatic heterocycles. The van der Waals surface area contributed by atoms with Crippen LogP contribution in [0, 0.1) is 6.92 Å². The van der Waals surface area contributed by atoms with Gasteiger partial charge < -0.3 is 10.4 Å². The van der Waals surface area contributed by atoms with Gasteiger partial charge in [-0.2, -0.15) is 0 Å². The number of carboxylic acids is 1. The Labute approximate surface area is 117 Å². The Morgan fingerprint density at radius 1 is 1.42 bits per heavy atom. The Morgan fingerprint density at radius 2 is 2.16 bits per heavy atom. The van der Waals surface area contributed by atoms with Crippen molar-refractivity contribution in [1.82, 2.24) is 4.98 Å². The van der Waals surface area contributed by atoms with Crippen molar-refractivity contribution >= 4 is 40.5 Å². The molecule has 0 aliphatic carbocycles. The van der Waals surface area contributed by atoms with Crippen LogP contribution in [0.1, 0.15) is 25.9 Å². The van der Waals surface area contributed by atoms with E-state index in [4.69, 9.17) is 16.7 Å². The Morgan fingerprint density at radius 3 is 2.74 bits per heavy atom. The minimum Gasteiger partial charge on any atom is -0.478 e. The van der Waals surface area contributed by atoms with Crippen LogP contribution in [0.25, 0.3) is 0 Å². The lowest BCUT2D eigenvalue weighted by molar-refractivity contribution is 0.0698. The summed E-state index contributed by atoms with van der Waals surface area (Å²) < 4.78 is 0. The lowest BCUT2D eigenvalue weighted by Gasteiger charge is -2.07. The average Bonchev–Trinajstić information content (AvgIpc) is 2.75. The van der Waals surface area contributed by atoms with Gasteiger partial charge in [0.2, 0.25) is 0 Å². The third-order valence-electron chi connectivity index (χ3n) is 2.31. The number of aromatic carboxylic acids is 1. The first-order valence-corrected chi connectivity index (χ1v) is 6.49. The third kappa shape index (κ3) is 3.10. The summed E-state index contributed by atoms with van der Waals surface area (Å²) >= 11 is 7.14. The number of halogens is 1. The van der Waals surface area contributed by atoms with Crippen molar-refractivity contribution in [2.45, 2.75) is 6.92 Å². The number of carbonyl (C=O) groups excluding carboxylic acids is 1. The standard InChI is InChI=1S/C12H9ClN2O3S/c1-6-14-10(5-19-6)11(16)15-9-4-7(13)2-3-8(9)12(17)18/h2-5H,1H3,(H,15,16)(H,17,18). The number of nitrogens with one attached hydrogen (secondary N) is 1. The van der Waals surface area contributed by atoms with E-state index in [1.807, 2.05) is 0 Å². The first-order chi connectivity index (χ1) is 8.97. The summed E-state index contributed by atoms with van der Waals surface area (Å²) in [6, 6.07) is 4.18. The largest absolute Gasteiger partial charge is 0.478 e. The zero-order chi connectivity index (χ0) is 14.0. The van der Waals surface area contributed by atoms with Crippen molar-refractivity contribution in [3.63, 3.8) is 0 Å². The summed E-state index contributed by atoms with van der Waals surface area (Å²) in [6.07, 6.45) is 0. The topological polar surface area (TPSA) is 79.3 Å². The van der Waals surface area contributed by atoms with Crippen LogP contribution in [0.2, 0.25) is 5.02 Å². The number of rotatable bonds is 3. The van der Waals surface area contributed by atoms with E-state index in [1.54, 1.807) is 12.3 Å². The molecule has 0 aliphatic heterocycles. The van der Waals surface area contributed by atoms with E-state index in [9.17, 15) is 9.59 Å². The first-order valence-electron chi connectivity index (χ1n) is 5.23. The number of aromatic nitrogens is 1. The second kappa shape index (κ2) is 5.38. The van der Waals surface area contributed by atoms with Gasteiger partial charge in [0.1, 0.15) is 5.69 Å². The van der Waals surface area contributed by atoms with Gasteiger partial charge in [-0.05, 0) is 25.1 Å². The molecule has 1 amide bonds. The molecule has 19 heavy (non-hydrogen) atoms. The fraction of sp³-hybridized carbons (Fsp3) is 0.0833. The predicted octanol–water partition coefficient (Wildman–Crippen LogP) is 3.06. The van der Waals surface area contributed by atoms with Crippen LogP contribution < -0.4 is 5.32 Å². The number of benzene rings is 1. The van der Waals surface area contributed by atoms with Gasteiger partial charge in [-0.3, -0.25) is 4.79 Å². The van der Waals surface area contributed by atoms with Gasteiger partial charge in [-0.25, -0.2) is 9.78 Å². The van der Waals surface area contributed by atoms with Crippen molar-refractivity contribution in [2.24, 2.45) is 0 Å². The molecule has 0 spiro atoms. The molecule has 0 unspecified atom stereocenters. The number of aryl methyl sites for hydroxylation is 1. The zero-order valence-electron chi connectivity index (χ0n) is 9.81. The third-order valence-corrected chi connectivity index (χ3v) is 3.32. The van der Waals surface area contributed by atoms with E-state index >= 15 is 0 Å². The molecule has 98 valence electrons. The van der Waals surface area contributed by atoms with Gasteiger partial charge in [-0.1, -0.05) is 11.6 Å². The molecule has 0 saturated carbocycles. The molecule has 7 heteroatoms. The number of anilines is 1. The molecular formula is C12H9ClN2O3S. The highest BCUT2D eigenvalue weighted by Gasteiger charge is 2.15. The van der Waals surface area contributed by atoms with Gasteiger partial charge >= 0.3 is 5.97 Å². The maximum Gasteiger partial charge on any atom is 0.337 e. The number of hydrogen-bond acceptors (Lipinski definition) is 4. The highest BCUT2D eigenvalue weighted by Crippen LogP contribution is 2.22. The maximum atomic E-state index is 11.9. The molecule has 2 N–H and O–H groups in total. The zero-order valence-corrected chi connectivity index (χ0v) is 11.4. The molecule has 5 nitrogen and oxygen atoms in total. The average molecular weight is 297 g/mol. The number of thiazole rings is 1. The van der Waals surface area contributed by atoms with Gasteiger partial charge in [0.15, 0.2) is 0 Å². The van der Waals surface area contributed by atoms with Crippen LogP contribution in [-0.4, -0.2) is 22.0 Å². The van der Waals surface area contributed by atoms with Crippen molar-refractivity contribution < 1.29 is 14.7 Å². The van der Waals surface area contributed by atoms with E-state index < -0.39 is 11.9 Å². The minimum atomic E-state index is -1.14. The molecule has 0 atom stereocenters. The molecule has 0 fully saturated rings. The van der Waals surface area contributed by atoms with Gasteiger partial charge in [-0.15, -0.1) is 11.3 Å². The Kier molecular flexibility index (Phi) is 3.82. The van der Waals surface area contributed by atoms with Gasteiger partial charge in [0, 0.05) is 10.4 Å². The SMILES string of the molecule is Cc1nc(C(=O)Nc2cc(Cl)ccc2C(=O)O)cs1. The van der Waals surface area contributed by atoms with Crippen molar-refractivity contribution in [2.75, 3.05) is 5.32 Å². The van der Waals surface area contributed by atoms with Crippen LogP contribution in [0.15, 0.2) is 23.6 Å². The molecule has 1 aromatic carbocycles. The Balaban J connectivity index is 2.30. The minimum absolute atomic E-state index is 0.0234. The van der Waals surface area contributed by atoms with Crippen molar-refractivity contribution in [3.05, 3.63) is 44.9 Å².